The van der Waals surface area contributed by atoms with Crippen LogP contribution in [-0.2, 0) is 10.8 Å². The summed E-state index contributed by atoms with van der Waals surface area (Å²) in [7, 11) is 0. The van der Waals surface area contributed by atoms with Crippen molar-refractivity contribution in [3.8, 4) is 5.75 Å². The van der Waals surface area contributed by atoms with Crippen LogP contribution in [0, 0.1) is 17.8 Å². The highest BCUT2D eigenvalue weighted by Gasteiger charge is 2.52. The summed E-state index contributed by atoms with van der Waals surface area (Å²) in [5, 5.41) is 11.3. The zero-order valence-corrected chi connectivity index (χ0v) is 17.2. The van der Waals surface area contributed by atoms with Gasteiger partial charge in [-0.2, -0.15) is 0 Å². The zero-order chi connectivity index (χ0) is 18.7. The number of rotatable bonds is 3. The number of phenolic OH excluding ortho intramolecular Hbond substituents is 1. The molecule has 4 aliphatic carbocycles. The molecule has 0 atom stereocenters. The van der Waals surface area contributed by atoms with Crippen molar-refractivity contribution in [2.75, 3.05) is 0 Å². The molecule has 4 saturated carbocycles. The first-order valence-electron chi connectivity index (χ1n) is 10.6. The molecule has 0 unspecified atom stereocenters. The summed E-state index contributed by atoms with van der Waals surface area (Å²) in [5.74, 6) is 3.15. The molecule has 26 heavy (non-hydrogen) atoms. The minimum Gasteiger partial charge on any atom is -0.507 e. The third-order valence-corrected chi connectivity index (χ3v) is 7.13. The molecule has 4 fully saturated rings. The van der Waals surface area contributed by atoms with E-state index in [0.717, 1.165) is 23.3 Å². The van der Waals surface area contributed by atoms with Crippen LogP contribution >= 0.6 is 0 Å². The Morgan fingerprint density at radius 2 is 1.58 bits per heavy atom. The Morgan fingerprint density at radius 1 is 1.04 bits per heavy atom. The predicted octanol–water partition coefficient (Wildman–Crippen LogP) is 5.98. The number of hydrogen-bond donors (Lipinski definition) is 1. The Morgan fingerprint density at radius 3 is 2.04 bits per heavy atom. The SMILES string of the molecule is CC(C)N=Cc1cc(C(C)(C)C)cc(C23CC4CC(CC(C4)C2)C3)c1O. The molecule has 2 nitrogen and oxygen atoms in total. The third kappa shape index (κ3) is 3.10. The van der Waals surface area contributed by atoms with Crippen LogP contribution in [-0.4, -0.2) is 17.4 Å². The van der Waals surface area contributed by atoms with Crippen molar-refractivity contribution < 1.29 is 5.11 Å². The van der Waals surface area contributed by atoms with Gasteiger partial charge in [-0.1, -0.05) is 26.8 Å². The minimum absolute atomic E-state index is 0.0746. The molecule has 1 N–H and O–H groups in total. The standard InChI is InChI=1S/C24H35NO/c1-15(2)25-14-19-9-20(23(3,4)5)10-21(22(19)26)24-11-16-6-17(12-24)8-18(7-16)13-24/h9-10,14-18,26H,6-8,11-13H2,1-5H3. The molecule has 0 amide bonds. The normalized spacial score (nSPS) is 33.5. The summed E-state index contributed by atoms with van der Waals surface area (Å²) in [4.78, 5) is 4.58. The second kappa shape index (κ2) is 6.11. The number of nitrogens with zero attached hydrogens (tertiary/aromatic N) is 1. The van der Waals surface area contributed by atoms with Crippen LogP contribution in [0.25, 0.3) is 0 Å². The van der Waals surface area contributed by atoms with E-state index in [-0.39, 0.29) is 16.9 Å². The quantitative estimate of drug-likeness (QED) is 0.666. The third-order valence-electron chi connectivity index (χ3n) is 7.13. The van der Waals surface area contributed by atoms with Gasteiger partial charge in [0.05, 0.1) is 0 Å². The molecule has 2 heteroatoms. The van der Waals surface area contributed by atoms with E-state index in [4.69, 9.17) is 0 Å². The van der Waals surface area contributed by atoms with Crippen LogP contribution in [0.15, 0.2) is 17.1 Å². The molecule has 0 spiro atoms. The largest absolute Gasteiger partial charge is 0.507 e. The van der Waals surface area contributed by atoms with E-state index in [1.54, 1.807) is 0 Å². The summed E-state index contributed by atoms with van der Waals surface area (Å²) in [6.45, 7) is 11.0. The Hall–Kier alpha value is -1.31. The number of aromatic hydroxyl groups is 1. The van der Waals surface area contributed by atoms with Crippen LogP contribution in [0.5, 0.6) is 5.75 Å². The van der Waals surface area contributed by atoms with Crippen LogP contribution < -0.4 is 0 Å². The fourth-order valence-electron chi connectivity index (χ4n) is 6.26. The molecule has 1 aromatic rings. The Bertz CT molecular complexity index is 687. The number of phenols is 1. The van der Waals surface area contributed by atoms with Crippen molar-refractivity contribution in [3.05, 3.63) is 28.8 Å². The zero-order valence-electron chi connectivity index (χ0n) is 17.2. The van der Waals surface area contributed by atoms with Crippen LogP contribution in [0.1, 0.15) is 89.8 Å². The van der Waals surface area contributed by atoms with Crippen molar-refractivity contribution in [3.63, 3.8) is 0 Å². The number of aliphatic imine (C=N–C) groups is 1. The Labute approximate surface area is 159 Å². The lowest BCUT2D eigenvalue weighted by Crippen LogP contribution is -2.48. The van der Waals surface area contributed by atoms with E-state index in [2.05, 4.69) is 51.7 Å². The van der Waals surface area contributed by atoms with Crippen molar-refractivity contribution in [1.82, 2.24) is 0 Å². The summed E-state index contributed by atoms with van der Waals surface area (Å²) < 4.78 is 0. The van der Waals surface area contributed by atoms with Gasteiger partial charge in [0.25, 0.3) is 0 Å². The van der Waals surface area contributed by atoms with Gasteiger partial charge >= 0.3 is 0 Å². The maximum absolute atomic E-state index is 11.3. The average molecular weight is 354 g/mol. The molecule has 4 aliphatic rings. The first-order chi connectivity index (χ1) is 12.2. The molecule has 0 heterocycles. The van der Waals surface area contributed by atoms with Crippen LogP contribution in [0.4, 0.5) is 0 Å². The highest BCUT2D eigenvalue weighted by Crippen LogP contribution is 2.62. The summed E-state index contributed by atoms with van der Waals surface area (Å²) in [5.41, 5.74) is 3.75. The molecule has 1 aromatic carbocycles. The molecule has 0 radical (unpaired) electrons. The van der Waals surface area contributed by atoms with Gasteiger partial charge in [-0.3, -0.25) is 4.99 Å². The van der Waals surface area contributed by atoms with Crippen LogP contribution in [0.2, 0.25) is 0 Å². The first kappa shape index (κ1) is 18.1. The van der Waals surface area contributed by atoms with E-state index in [9.17, 15) is 5.11 Å². The van der Waals surface area contributed by atoms with Gasteiger partial charge in [0.1, 0.15) is 5.75 Å². The smallest absolute Gasteiger partial charge is 0.128 e. The van der Waals surface area contributed by atoms with Gasteiger partial charge in [0, 0.05) is 23.4 Å². The minimum atomic E-state index is 0.0746. The van der Waals surface area contributed by atoms with Crippen molar-refractivity contribution in [2.45, 2.75) is 90.0 Å². The van der Waals surface area contributed by atoms with Gasteiger partial charge in [-0.05, 0) is 92.6 Å². The molecular formula is C24H35NO. The second-order valence-electron chi connectivity index (χ2n) is 10.8. The van der Waals surface area contributed by atoms with E-state index in [1.807, 2.05) is 6.21 Å². The lowest BCUT2D eigenvalue weighted by Gasteiger charge is -2.57. The molecular weight excluding hydrogens is 318 g/mol. The number of benzene rings is 1. The van der Waals surface area contributed by atoms with Gasteiger partial charge in [0.15, 0.2) is 0 Å². The van der Waals surface area contributed by atoms with Gasteiger partial charge < -0.3 is 5.11 Å². The fraction of sp³-hybridized carbons (Fsp3) is 0.708. The topological polar surface area (TPSA) is 32.6 Å². The monoisotopic (exact) mass is 353 g/mol. The average Bonchev–Trinajstić information content (AvgIpc) is 2.51. The molecule has 0 aromatic heterocycles. The van der Waals surface area contributed by atoms with Crippen molar-refractivity contribution in [2.24, 2.45) is 22.7 Å². The van der Waals surface area contributed by atoms with Crippen molar-refractivity contribution in [1.29, 1.82) is 0 Å². The predicted molar refractivity (Wildman–Crippen MR) is 109 cm³/mol. The summed E-state index contributed by atoms with van der Waals surface area (Å²) in [6, 6.07) is 4.75. The van der Waals surface area contributed by atoms with E-state index < -0.39 is 0 Å². The van der Waals surface area contributed by atoms with E-state index in [0.29, 0.717) is 5.75 Å². The number of hydrogen-bond acceptors (Lipinski definition) is 2. The Balaban J connectivity index is 1.84. The first-order valence-corrected chi connectivity index (χ1v) is 10.6. The second-order valence-corrected chi connectivity index (χ2v) is 10.8. The molecule has 142 valence electrons. The summed E-state index contributed by atoms with van der Waals surface area (Å²) in [6.07, 6.45) is 10.0. The lowest BCUT2D eigenvalue weighted by atomic mass is 9.47. The van der Waals surface area contributed by atoms with E-state index >= 15 is 0 Å². The highest BCUT2D eigenvalue weighted by atomic mass is 16.3. The molecule has 0 aliphatic heterocycles. The van der Waals surface area contributed by atoms with Crippen LogP contribution in [0.3, 0.4) is 0 Å². The summed E-state index contributed by atoms with van der Waals surface area (Å²) >= 11 is 0. The Kier molecular flexibility index (Phi) is 4.24. The lowest BCUT2D eigenvalue weighted by molar-refractivity contribution is -0.00619. The maximum Gasteiger partial charge on any atom is 0.128 e. The highest BCUT2D eigenvalue weighted by molar-refractivity contribution is 5.85. The molecule has 0 saturated heterocycles. The van der Waals surface area contributed by atoms with Gasteiger partial charge in [-0.25, -0.2) is 0 Å². The molecule has 5 rings (SSSR count). The van der Waals surface area contributed by atoms with E-state index in [1.165, 1.54) is 49.7 Å². The van der Waals surface area contributed by atoms with Gasteiger partial charge in [-0.15, -0.1) is 0 Å². The molecule has 4 bridgehead atoms. The van der Waals surface area contributed by atoms with Gasteiger partial charge in [0.2, 0.25) is 0 Å². The fourth-order valence-corrected chi connectivity index (χ4v) is 6.26. The van der Waals surface area contributed by atoms with Crippen molar-refractivity contribution >= 4 is 6.21 Å². The maximum atomic E-state index is 11.3.